The fraction of sp³-hybridized carbons (Fsp3) is 0.714. The van der Waals surface area contributed by atoms with E-state index in [-0.39, 0.29) is 17.1 Å². The summed E-state index contributed by atoms with van der Waals surface area (Å²) in [5.74, 6) is 1.18. The zero-order chi connectivity index (χ0) is 11.9. The van der Waals surface area contributed by atoms with Crippen molar-refractivity contribution in [2.75, 3.05) is 0 Å². The zero-order valence-corrected chi connectivity index (χ0v) is 10.4. The Kier molecular flexibility index (Phi) is 2.77. The Morgan fingerprint density at radius 2 is 2.19 bits per heavy atom. The van der Waals surface area contributed by atoms with Gasteiger partial charge in [0.1, 0.15) is 5.78 Å². The van der Waals surface area contributed by atoms with Gasteiger partial charge in [-0.1, -0.05) is 12.5 Å². The highest BCUT2D eigenvalue weighted by Crippen LogP contribution is 2.54. The number of allylic oxidation sites excluding steroid dienone is 2. The van der Waals surface area contributed by atoms with Gasteiger partial charge in [-0.05, 0) is 50.5 Å². The highest BCUT2D eigenvalue weighted by atomic mass is 16.1. The Balaban J connectivity index is 2.29. The van der Waals surface area contributed by atoms with Gasteiger partial charge in [-0.2, -0.15) is 0 Å². The van der Waals surface area contributed by atoms with Crippen molar-refractivity contribution in [3.8, 4) is 0 Å². The second-order valence-electron chi connectivity index (χ2n) is 5.61. The molecule has 2 nitrogen and oxygen atoms in total. The van der Waals surface area contributed by atoms with Crippen LogP contribution in [0.3, 0.4) is 0 Å². The Labute approximate surface area is 97.1 Å². The summed E-state index contributed by atoms with van der Waals surface area (Å²) in [4.78, 5) is 23.0. The first kappa shape index (κ1) is 11.6. The van der Waals surface area contributed by atoms with Crippen LogP contribution in [0, 0.1) is 17.3 Å². The highest BCUT2D eigenvalue weighted by molar-refractivity contribution is 5.92. The van der Waals surface area contributed by atoms with E-state index in [0.717, 1.165) is 19.3 Å². The molecule has 0 aromatic heterocycles. The van der Waals surface area contributed by atoms with Crippen molar-refractivity contribution in [1.82, 2.24) is 0 Å². The van der Waals surface area contributed by atoms with E-state index in [2.05, 4.69) is 13.8 Å². The number of ketones is 2. The molecule has 1 saturated carbocycles. The lowest BCUT2D eigenvalue weighted by Crippen LogP contribution is -2.33. The van der Waals surface area contributed by atoms with Crippen LogP contribution < -0.4 is 0 Å². The lowest BCUT2D eigenvalue weighted by molar-refractivity contribution is -0.120. The summed E-state index contributed by atoms with van der Waals surface area (Å²) in [5.41, 5.74) is 1.35. The summed E-state index contributed by atoms with van der Waals surface area (Å²) in [7, 11) is 0. The molecule has 16 heavy (non-hydrogen) atoms. The van der Waals surface area contributed by atoms with Crippen molar-refractivity contribution in [1.29, 1.82) is 0 Å². The second-order valence-corrected chi connectivity index (χ2v) is 5.61. The number of carbonyl (C=O) groups excluding carboxylic acids is 2. The van der Waals surface area contributed by atoms with Gasteiger partial charge in [-0.25, -0.2) is 0 Å². The van der Waals surface area contributed by atoms with Crippen molar-refractivity contribution < 1.29 is 9.59 Å². The molecule has 2 rings (SSSR count). The number of hydrogen-bond donors (Lipinski definition) is 0. The van der Waals surface area contributed by atoms with Gasteiger partial charge >= 0.3 is 0 Å². The number of hydrogen-bond acceptors (Lipinski definition) is 2. The second kappa shape index (κ2) is 3.83. The fourth-order valence-electron chi connectivity index (χ4n) is 3.56. The minimum atomic E-state index is 0.143. The molecule has 0 radical (unpaired) electrons. The number of carbonyl (C=O) groups is 2. The van der Waals surface area contributed by atoms with Crippen LogP contribution in [0.4, 0.5) is 0 Å². The third-order valence-electron chi connectivity index (χ3n) is 4.74. The van der Waals surface area contributed by atoms with Crippen LogP contribution in [0.15, 0.2) is 11.6 Å². The maximum Gasteiger partial charge on any atom is 0.155 e. The molecule has 88 valence electrons. The first-order valence-electron chi connectivity index (χ1n) is 6.18. The van der Waals surface area contributed by atoms with Crippen LogP contribution in [0.2, 0.25) is 0 Å². The Hall–Kier alpha value is -0.920. The molecule has 0 aromatic carbocycles. The van der Waals surface area contributed by atoms with Crippen molar-refractivity contribution >= 4 is 11.6 Å². The summed E-state index contributed by atoms with van der Waals surface area (Å²) in [6.45, 7) is 5.92. The molecule has 2 aliphatic carbocycles. The fourth-order valence-corrected chi connectivity index (χ4v) is 3.56. The van der Waals surface area contributed by atoms with E-state index in [0.29, 0.717) is 18.1 Å². The molecule has 3 atom stereocenters. The van der Waals surface area contributed by atoms with Gasteiger partial charge in [0.15, 0.2) is 5.78 Å². The molecule has 2 heteroatoms. The van der Waals surface area contributed by atoms with Crippen LogP contribution >= 0.6 is 0 Å². The monoisotopic (exact) mass is 220 g/mol. The number of rotatable bonds is 1. The average molecular weight is 220 g/mol. The van der Waals surface area contributed by atoms with Crippen LogP contribution in [0.25, 0.3) is 0 Å². The summed E-state index contributed by atoms with van der Waals surface area (Å²) < 4.78 is 0. The summed E-state index contributed by atoms with van der Waals surface area (Å²) in [5, 5.41) is 0. The molecule has 0 saturated heterocycles. The molecule has 1 spiro atoms. The van der Waals surface area contributed by atoms with E-state index in [1.165, 1.54) is 5.57 Å². The van der Waals surface area contributed by atoms with Crippen LogP contribution in [-0.4, -0.2) is 11.6 Å². The van der Waals surface area contributed by atoms with Crippen molar-refractivity contribution in [3.63, 3.8) is 0 Å². The molecule has 0 amide bonds. The molecule has 0 bridgehead atoms. The van der Waals surface area contributed by atoms with Crippen LogP contribution in [0.1, 0.15) is 46.5 Å². The maximum atomic E-state index is 11.5. The van der Waals surface area contributed by atoms with E-state index in [1.807, 2.05) is 6.08 Å². The van der Waals surface area contributed by atoms with Crippen molar-refractivity contribution in [2.45, 2.75) is 46.5 Å². The molecule has 2 aliphatic rings. The Morgan fingerprint density at radius 1 is 1.50 bits per heavy atom. The highest BCUT2D eigenvalue weighted by Gasteiger charge is 2.47. The quantitative estimate of drug-likeness (QED) is 0.681. The molecule has 0 heterocycles. The molecular weight excluding hydrogens is 200 g/mol. The van der Waals surface area contributed by atoms with Gasteiger partial charge < -0.3 is 0 Å². The van der Waals surface area contributed by atoms with E-state index in [1.54, 1.807) is 6.92 Å². The first-order chi connectivity index (χ1) is 7.45. The lowest BCUT2D eigenvalue weighted by atomic mass is 9.64. The smallest absolute Gasteiger partial charge is 0.155 e. The predicted molar refractivity (Wildman–Crippen MR) is 63.0 cm³/mol. The minimum absolute atomic E-state index is 0.143. The lowest BCUT2D eigenvalue weighted by Gasteiger charge is -2.39. The van der Waals surface area contributed by atoms with E-state index in [9.17, 15) is 9.59 Å². The van der Waals surface area contributed by atoms with Gasteiger partial charge in [0.25, 0.3) is 0 Å². The third-order valence-corrected chi connectivity index (χ3v) is 4.74. The largest absolute Gasteiger partial charge is 0.300 e. The molecular formula is C14H20O2. The van der Waals surface area contributed by atoms with Crippen LogP contribution in [0.5, 0.6) is 0 Å². The molecule has 0 N–H and O–H groups in total. The van der Waals surface area contributed by atoms with E-state index >= 15 is 0 Å². The summed E-state index contributed by atoms with van der Waals surface area (Å²) >= 11 is 0. The third kappa shape index (κ3) is 1.64. The zero-order valence-electron chi connectivity index (χ0n) is 10.4. The van der Waals surface area contributed by atoms with Gasteiger partial charge in [0.05, 0.1) is 0 Å². The minimum Gasteiger partial charge on any atom is -0.300 e. The van der Waals surface area contributed by atoms with E-state index in [4.69, 9.17) is 0 Å². The Bertz CT molecular complexity index is 367. The van der Waals surface area contributed by atoms with E-state index < -0.39 is 0 Å². The predicted octanol–water partition coefficient (Wildman–Crippen LogP) is 2.92. The molecule has 1 unspecified atom stereocenters. The van der Waals surface area contributed by atoms with Gasteiger partial charge in [-0.3, -0.25) is 9.59 Å². The van der Waals surface area contributed by atoms with Crippen molar-refractivity contribution in [2.24, 2.45) is 17.3 Å². The maximum absolute atomic E-state index is 11.5. The summed E-state index contributed by atoms with van der Waals surface area (Å²) in [6.07, 6.45) is 5.50. The topological polar surface area (TPSA) is 34.1 Å². The molecule has 0 aliphatic heterocycles. The Morgan fingerprint density at radius 3 is 2.69 bits per heavy atom. The SMILES string of the molecule is CC(=O)C1CC[C@@]2(C1)C(C)=CC(=O)C[C@H]2C. The van der Waals surface area contributed by atoms with Crippen LogP contribution in [-0.2, 0) is 9.59 Å². The number of Topliss-reactive ketones (excluding diaryl/α,β-unsaturated/α-hetero) is 1. The van der Waals surface area contributed by atoms with Crippen molar-refractivity contribution in [3.05, 3.63) is 11.6 Å². The normalized spacial score (nSPS) is 38.9. The van der Waals surface area contributed by atoms with Gasteiger partial charge in [-0.15, -0.1) is 0 Å². The van der Waals surface area contributed by atoms with Gasteiger partial charge in [0.2, 0.25) is 0 Å². The molecule has 0 aromatic rings. The standard InChI is InChI=1S/C14H20O2/c1-9-6-13(16)7-10(2)14(9)5-4-12(8-14)11(3)15/h6,10,12H,4-5,7-8H2,1-3H3/t10-,12?,14-/m1/s1. The summed E-state index contributed by atoms with van der Waals surface area (Å²) in [6, 6.07) is 0. The average Bonchev–Trinajstić information content (AvgIpc) is 2.60. The van der Waals surface area contributed by atoms with Gasteiger partial charge in [0, 0.05) is 12.3 Å². The molecule has 1 fully saturated rings. The first-order valence-corrected chi connectivity index (χ1v) is 6.18.